The predicted octanol–water partition coefficient (Wildman–Crippen LogP) is 5.68. The van der Waals surface area contributed by atoms with Crippen LogP contribution in [0.4, 0.5) is 10.5 Å². The van der Waals surface area contributed by atoms with Gasteiger partial charge in [0.1, 0.15) is 6.61 Å². The summed E-state index contributed by atoms with van der Waals surface area (Å²) in [5.74, 6) is -1.41. The molecule has 0 saturated heterocycles. The quantitative estimate of drug-likeness (QED) is 0.375. The second-order valence-electron chi connectivity index (χ2n) is 8.49. The second-order valence-corrected chi connectivity index (χ2v) is 8.92. The SMILES string of the molecule is CC(CCC(=O)O)NC(=O)c1cc(Cl)cc(NC(=O)OCC2c3ccccc3-c3ccccc32)c1. The second kappa shape index (κ2) is 10.6. The minimum absolute atomic E-state index is 0.0500. The number of amides is 2. The first kappa shape index (κ1) is 24.3. The summed E-state index contributed by atoms with van der Waals surface area (Å²) in [7, 11) is 0. The Hall–Kier alpha value is -3.84. The maximum Gasteiger partial charge on any atom is 0.411 e. The molecule has 1 aliphatic rings. The fraction of sp³-hybridized carbons (Fsp3) is 0.222. The van der Waals surface area contributed by atoms with Crippen molar-refractivity contribution in [2.75, 3.05) is 11.9 Å². The van der Waals surface area contributed by atoms with Crippen LogP contribution in [-0.2, 0) is 9.53 Å². The molecule has 1 atom stereocenters. The molecular weight excluding hydrogens is 468 g/mol. The summed E-state index contributed by atoms with van der Waals surface area (Å²) in [4.78, 5) is 35.9. The fourth-order valence-corrected chi connectivity index (χ4v) is 4.50. The highest BCUT2D eigenvalue weighted by atomic mass is 35.5. The summed E-state index contributed by atoms with van der Waals surface area (Å²) < 4.78 is 5.55. The number of nitrogens with one attached hydrogen (secondary N) is 2. The summed E-state index contributed by atoms with van der Waals surface area (Å²) in [5, 5.41) is 14.4. The summed E-state index contributed by atoms with van der Waals surface area (Å²) in [6, 6.07) is 20.3. The maximum atomic E-state index is 12.6. The number of halogens is 1. The van der Waals surface area contributed by atoms with Gasteiger partial charge in [-0.2, -0.15) is 0 Å². The highest BCUT2D eigenvalue weighted by Gasteiger charge is 2.29. The van der Waals surface area contributed by atoms with Crippen molar-refractivity contribution in [2.24, 2.45) is 0 Å². The first-order valence-electron chi connectivity index (χ1n) is 11.3. The van der Waals surface area contributed by atoms with Crippen molar-refractivity contribution in [1.29, 1.82) is 0 Å². The van der Waals surface area contributed by atoms with Crippen LogP contribution in [-0.4, -0.2) is 35.7 Å². The number of hydrogen-bond acceptors (Lipinski definition) is 4. The third-order valence-corrected chi connectivity index (χ3v) is 6.14. The Morgan fingerprint density at radius 3 is 2.26 bits per heavy atom. The molecule has 1 unspecified atom stereocenters. The Balaban J connectivity index is 1.40. The van der Waals surface area contributed by atoms with E-state index in [9.17, 15) is 14.4 Å². The highest BCUT2D eigenvalue weighted by molar-refractivity contribution is 6.31. The molecule has 3 aromatic carbocycles. The summed E-state index contributed by atoms with van der Waals surface area (Å²) in [5.41, 5.74) is 5.06. The number of hydrogen-bond donors (Lipinski definition) is 3. The van der Waals surface area contributed by atoms with Gasteiger partial charge in [-0.25, -0.2) is 4.79 Å². The van der Waals surface area contributed by atoms with Gasteiger partial charge in [-0.3, -0.25) is 14.9 Å². The van der Waals surface area contributed by atoms with Crippen molar-refractivity contribution >= 4 is 35.3 Å². The highest BCUT2D eigenvalue weighted by Crippen LogP contribution is 2.44. The van der Waals surface area contributed by atoms with E-state index in [-0.39, 0.29) is 35.6 Å². The first-order valence-corrected chi connectivity index (χ1v) is 11.6. The minimum Gasteiger partial charge on any atom is -0.481 e. The smallest absolute Gasteiger partial charge is 0.411 e. The molecule has 0 radical (unpaired) electrons. The molecule has 7 nitrogen and oxygen atoms in total. The maximum absolute atomic E-state index is 12.6. The number of aliphatic carboxylic acids is 1. The van der Waals surface area contributed by atoms with E-state index in [4.69, 9.17) is 21.4 Å². The standard InChI is InChI=1S/C27H25ClN2O5/c1-16(10-11-25(31)32)29-26(33)17-12-18(28)14-19(13-17)30-27(34)35-15-24-22-8-4-2-6-20(22)21-7-3-5-9-23(21)24/h2-9,12-14,16,24H,10-11,15H2,1H3,(H,29,33)(H,30,34)(H,31,32). The van der Waals surface area contributed by atoms with Crippen LogP contribution in [0.1, 0.15) is 47.2 Å². The molecule has 8 heteroatoms. The van der Waals surface area contributed by atoms with E-state index < -0.39 is 18.0 Å². The van der Waals surface area contributed by atoms with Gasteiger partial charge in [-0.1, -0.05) is 60.1 Å². The molecule has 3 N–H and O–H groups in total. The number of carbonyl (C=O) groups excluding carboxylic acids is 2. The molecule has 35 heavy (non-hydrogen) atoms. The van der Waals surface area contributed by atoms with Gasteiger partial charge in [0.25, 0.3) is 5.91 Å². The van der Waals surface area contributed by atoms with E-state index in [1.165, 1.54) is 18.2 Å². The van der Waals surface area contributed by atoms with Crippen molar-refractivity contribution in [3.63, 3.8) is 0 Å². The van der Waals surface area contributed by atoms with Crippen molar-refractivity contribution in [3.05, 3.63) is 88.4 Å². The average Bonchev–Trinajstić information content (AvgIpc) is 3.15. The number of fused-ring (bicyclic) bond motifs is 3. The summed E-state index contributed by atoms with van der Waals surface area (Å²) in [6.07, 6.45) is -0.409. The number of carbonyl (C=O) groups is 3. The van der Waals surface area contributed by atoms with Crippen molar-refractivity contribution in [3.8, 4) is 11.1 Å². The Bertz CT molecular complexity index is 1230. The fourth-order valence-electron chi connectivity index (χ4n) is 4.26. The van der Waals surface area contributed by atoms with Crippen LogP contribution in [0, 0.1) is 0 Å². The summed E-state index contributed by atoms with van der Waals surface area (Å²) in [6.45, 7) is 1.89. The zero-order chi connectivity index (χ0) is 24.9. The van der Waals surface area contributed by atoms with Gasteiger partial charge >= 0.3 is 12.1 Å². The molecule has 3 aromatic rings. The zero-order valence-electron chi connectivity index (χ0n) is 19.1. The number of benzene rings is 3. The first-order chi connectivity index (χ1) is 16.8. The van der Waals surface area contributed by atoms with E-state index in [0.29, 0.717) is 12.1 Å². The molecule has 4 rings (SSSR count). The lowest BCUT2D eigenvalue weighted by Gasteiger charge is -2.15. The van der Waals surface area contributed by atoms with Gasteiger partial charge in [0.05, 0.1) is 0 Å². The van der Waals surface area contributed by atoms with Crippen LogP contribution < -0.4 is 10.6 Å². The van der Waals surface area contributed by atoms with Crippen LogP contribution in [0.3, 0.4) is 0 Å². The molecule has 0 bridgehead atoms. The average molecular weight is 493 g/mol. The summed E-state index contributed by atoms with van der Waals surface area (Å²) >= 11 is 6.16. The van der Waals surface area contributed by atoms with Gasteiger partial charge in [-0.05, 0) is 53.8 Å². The Morgan fingerprint density at radius 1 is 1.00 bits per heavy atom. The van der Waals surface area contributed by atoms with Crippen molar-refractivity contribution in [2.45, 2.75) is 31.7 Å². The molecule has 0 aliphatic heterocycles. The third kappa shape index (κ3) is 5.81. The topological polar surface area (TPSA) is 105 Å². The molecular formula is C27H25ClN2O5. The van der Waals surface area contributed by atoms with E-state index >= 15 is 0 Å². The van der Waals surface area contributed by atoms with Crippen LogP contribution >= 0.6 is 11.6 Å². The Labute approximate surface area is 208 Å². The van der Waals surface area contributed by atoms with Crippen LogP contribution in [0.15, 0.2) is 66.7 Å². The number of ether oxygens (including phenoxy) is 1. The van der Waals surface area contributed by atoms with E-state index in [1.807, 2.05) is 36.4 Å². The normalized spacial score (nSPS) is 12.9. The van der Waals surface area contributed by atoms with Gasteiger partial charge in [0.2, 0.25) is 0 Å². The van der Waals surface area contributed by atoms with Gasteiger partial charge in [0.15, 0.2) is 0 Å². The van der Waals surface area contributed by atoms with Gasteiger partial charge in [-0.15, -0.1) is 0 Å². The molecule has 0 aromatic heterocycles. The molecule has 0 saturated carbocycles. The Morgan fingerprint density at radius 2 is 1.63 bits per heavy atom. The minimum atomic E-state index is -0.927. The zero-order valence-corrected chi connectivity index (χ0v) is 19.8. The van der Waals surface area contributed by atoms with Crippen LogP contribution in [0.2, 0.25) is 5.02 Å². The lowest BCUT2D eigenvalue weighted by atomic mass is 9.98. The van der Waals surface area contributed by atoms with E-state index in [2.05, 4.69) is 22.8 Å². The molecule has 0 fully saturated rings. The van der Waals surface area contributed by atoms with Crippen molar-refractivity contribution in [1.82, 2.24) is 5.32 Å². The Kier molecular flexibility index (Phi) is 7.36. The van der Waals surface area contributed by atoms with Crippen LogP contribution in [0.5, 0.6) is 0 Å². The largest absolute Gasteiger partial charge is 0.481 e. The van der Waals surface area contributed by atoms with Crippen molar-refractivity contribution < 1.29 is 24.2 Å². The van der Waals surface area contributed by atoms with Gasteiger partial charge in [0, 0.05) is 34.7 Å². The number of carboxylic acid groups (broad SMARTS) is 1. The molecule has 1 aliphatic carbocycles. The number of anilines is 1. The third-order valence-electron chi connectivity index (χ3n) is 5.92. The molecule has 180 valence electrons. The predicted molar refractivity (Wildman–Crippen MR) is 134 cm³/mol. The lowest BCUT2D eigenvalue weighted by molar-refractivity contribution is -0.137. The number of carboxylic acids is 1. The van der Waals surface area contributed by atoms with E-state index in [1.54, 1.807) is 6.92 Å². The molecule has 0 heterocycles. The van der Waals surface area contributed by atoms with Crippen LogP contribution in [0.25, 0.3) is 11.1 Å². The number of rotatable bonds is 8. The molecule has 0 spiro atoms. The molecule has 2 amide bonds. The lowest BCUT2D eigenvalue weighted by Crippen LogP contribution is -2.33. The van der Waals surface area contributed by atoms with E-state index in [0.717, 1.165) is 22.3 Å². The van der Waals surface area contributed by atoms with Gasteiger partial charge < -0.3 is 15.2 Å². The monoisotopic (exact) mass is 492 g/mol.